The molecule has 1 aliphatic heterocycles. The van der Waals surface area contributed by atoms with Gasteiger partial charge in [0.25, 0.3) is 0 Å². The van der Waals surface area contributed by atoms with Gasteiger partial charge in [0.15, 0.2) is 24.6 Å². The van der Waals surface area contributed by atoms with Gasteiger partial charge in [0.1, 0.15) is 21.5 Å². The van der Waals surface area contributed by atoms with Crippen molar-refractivity contribution in [2.75, 3.05) is 7.11 Å². The minimum atomic E-state index is -2.75. The Morgan fingerprint density at radius 1 is 0.794 bits per heavy atom. The molecular formula is C27H20BrF2O3P. The molecule has 0 radical (unpaired) electrons. The molecule has 0 saturated carbocycles. The number of hydrogen-bond donors (Lipinski definition) is 0. The van der Waals surface area contributed by atoms with Gasteiger partial charge in [0, 0.05) is 0 Å². The van der Waals surface area contributed by atoms with Gasteiger partial charge in [-0.1, -0.05) is 54.6 Å². The zero-order chi connectivity index (χ0) is 23.0. The summed E-state index contributed by atoms with van der Waals surface area (Å²) in [5.41, 5.74) is -0.0777. The lowest BCUT2D eigenvalue weighted by Gasteiger charge is -2.31. The third-order valence-electron chi connectivity index (χ3n) is 5.94. The number of rotatable bonds is 5. The number of hydrogen-bond acceptors (Lipinski definition) is 3. The summed E-state index contributed by atoms with van der Waals surface area (Å²) >= 11 is 0. The zero-order valence-corrected chi connectivity index (χ0v) is 20.6. The van der Waals surface area contributed by atoms with Gasteiger partial charge in [-0.05, 0) is 42.5 Å². The van der Waals surface area contributed by atoms with Crippen LogP contribution in [0.1, 0.15) is 21.8 Å². The van der Waals surface area contributed by atoms with Gasteiger partial charge < -0.3 is 26.5 Å². The third-order valence-corrected chi connectivity index (χ3v) is 10.4. The quantitative estimate of drug-likeness (QED) is 0.287. The summed E-state index contributed by atoms with van der Waals surface area (Å²) in [6.45, 7) is 0. The summed E-state index contributed by atoms with van der Waals surface area (Å²) < 4.78 is 40.9. The van der Waals surface area contributed by atoms with Crippen molar-refractivity contribution in [3.05, 3.63) is 120 Å². The Labute approximate surface area is 207 Å². The van der Waals surface area contributed by atoms with Crippen molar-refractivity contribution < 1.29 is 40.0 Å². The number of carbonyl (C=O) groups excluding carboxylic acids is 1. The predicted octanol–water partition coefficient (Wildman–Crippen LogP) is 2.14. The summed E-state index contributed by atoms with van der Waals surface area (Å²) in [5.74, 6) is -4.22. The SMILES string of the molecule is COc1c(F)cc2c(c1F)C(=O)OC2[P+](c1ccccc1)(c1ccccc1)c1ccccc1.[Br-]. The molecule has 0 saturated heterocycles. The van der Waals surface area contributed by atoms with Crippen molar-refractivity contribution in [3.8, 4) is 5.75 Å². The normalized spacial score (nSPS) is 14.7. The fourth-order valence-corrected chi connectivity index (χ4v) is 9.07. The Morgan fingerprint density at radius 2 is 1.24 bits per heavy atom. The molecule has 1 aliphatic rings. The van der Waals surface area contributed by atoms with Crippen LogP contribution in [-0.2, 0) is 4.74 Å². The molecule has 0 aliphatic carbocycles. The molecule has 1 heterocycles. The number of fused-ring (bicyclic) bond motifs is 1. The van der Waals surface area contributed by atoms with Crippen molar-refractivity contribution in [3.63, 3.8) is 0 Å². The molecule has 5 rings (SSSR count). The molecule has 4 aromatic carbocycles. The van der Waals surface area contributed by atoms with E-state index in [1.165, 1.54) is 13.2 Å². The first kappa shape index (κ1) is 24.1. The predicted molar refractivity (Wildman–Crippen MR) is 126 cm³/mol. The maximum atomic E-state index is 15.2. The minimum absolute atomic E-state index is 0. The van der Waals surface area contributed by atoms with Gasteiger partial charge in [-0.15, -0.1) is 0 Å². The monoisotopic (exact) mass is 540 g/mol. The van der Waals surface area contributed by atoms with Crippen molar-refractivity contribution in [2.45, 2.75) is 5.85 Å². The Balaban J connectivity index is 0.00000274. The Bertz CT molecular complexity index is 1220. The van der Waals surface area contributed by atoms with E-state index in [2.05, 4.69) is 0 Å². The zero-order valence-electron chi connectivity index (χ0n) is 18.1. The van der Waals surface area contributed by atoms with Crippen molar-refractivity contribution in [1.29, 1.82) is 0 Å². The van der Waals surface area contributed by atoms with Crippen LogP contribution in [0.15, 0.2) is 97.1 Å². The van der Waals surface area contributed by atoms with Crippen LogP contribution in [0.2, 0.25) is 0 Å². The maximum Gasteiger partial charge on any atom is 0.345 e. The summed E-state index contributed by atoms with van der Waals surface area (Å²) in [6, 6.07) is 30.3. The Morgan fingerprint density at radius 3 is 1.65 bits per heavy atom. The topological polar surface area (TPSA) is 35.5 Å². The lowest BCUT2D eigenvalue weighted by atomic mass is 10.1. The number of esters is 1. The maximum absolute atomic E-state index is 15.2. The highest BCUT2D eigenvalue weighted by Gasteiger charge is 2.59. The molecule has 1 unspecified atom stereocenters. The molecule has 0 fully saturated rings. The molecule has 172 valence electrons. The smallest absolute Gasteiger partial charge is 0.345 e. The van der Waals surface area contributed by atoms with E-state index < -0.39 is 36.5 Å². The second-order valence-electron chi connectivity index (χ2n) is 7.66. The standard InChI is InChI=1S/C27H20F2O3P.BrH/c1-31-25-22(28)17-21-23(24(25)29)26(30)32-27(21)33(18-11-5-2-6-12-18,19-13-7-3-8-14-19)20-15-9-4-10-16-20;/h2-17,27H,1H3;1H/q+1;/p-1. The van der Waals surface area contributed by atoms with E-state index in [0.717, 1.165) is 15.9 Å². The van der Waals surface area contributed by atoms with Gasteiger partial charge in [-0.2, -0.15) is 0 Å². The van der Waals surface area contributed by atoms with Crippen LogP contribution < -0.4 is 37.6 Å². The summed E-state index contributed by atoms with van der Waals surface area (Å²) in [6.07, 6.45) is 0. The van der Waals surface area contributed by atoms with E-state index >= 15 is 4.39 Å². The lowest BCUT2D eigenvalue weighted by molar-refractivity contribution is -0.0000256. The summed E-state index contributed by atoms with van der Waals surface area (Å²) in [7, 11) is -1.58. The molecular weight excluding hydrogens is 521 g/mol. The van der Waals surface area contributed by atoms with E-state index in [-0.39, 0.29) is 28.1 Å². The number of methoxy groups -OCH3 is 1. The van der Waals surface area contributed by atoms with E-state index in [9.17, 15) is 9.18 Å². The number of cyclic esters (lactones) is 1. The molecule has 34 heavy (non-hydrogen) atoms. The number of benzene rings is 4. The molecule has 0 bridgehead atoms. The molecule has 3 nitrogen and oxygen atoms in total. The second kappa shape index (κ2) is 9.65. The molecule has 4 aromatic rings. The van der Waals surface area contributed by atoms with Crippen LogP contribution in [0.25, 0.3) is 0 Å². The average molecular weight is 541 g/mol. The molecule has 0 spiro atoms. The molecule has 0 amide bonds. The number of ether oxygens (including phenoxy) is 2. The van der Waals surface area contributed by atoms with Gasteiger partial charge in [0.05, 0.1) is 12.7 Å². The van der Waals surface area contributed by atoms with Crippen LogP contribution in [0.5, 0.6) is 5.75 Å². The van der Waals surface area contributed by atoms with Gasteiger partial charge in [-0.3, -0.25) is 0 Å². The van der Waals surface area contributed by atoms with Crippen LogP contribution in [0, 0.1) is 11.6 Å². The Kier molecular flexibility index (Phi) is 6.83. The van der Waals surface area contributed by atoms with Crippen LogP contribution in [0.4, 0.5) is 8.78 Å². The van der Waals surface area contributed by atoms with Crippen LogP contribution >= 0.6 is 7.26 Å². The fourth-order valence-electron chi connectivity index (χ4n) is 4.56. The highest BCUT2D eigenvalue weighted by molar-refractivity contribution is 7.95. The number of halogens is 3. The average Bonchev–Trinajstić information content (AvgIpc) is 3.18. The fraction of sp³-hybridized carbons (Fsp3) is 0.0741. The van der Waals surface area contributed by atoms with Gasteiger partial charge >= 0.3 is 5.97 Å². The lowest BCUT2D eigenvalue weighted by Crippen LogP contribution is -3.00. The van der Waals surface area contributed by atoms with Crippen LogP contribution in [0.3, 0.4) is 0 Å². The first-order chi connectivity index (χ1) is 16.1. The molecule has 7 heteroatoms. The highest BCUT2D eigenvalue weighted by atomic mass is 79.9. The highest BCUT2D eigenvalue weighted by Crippen LogP contribution is 2.69. The molecule has 0 aromatic heterocycles. The summed E-state index contributed by atoms with van der Waals surface area (Å²) in [5, 5.41) is 2.80. The van der Waals surface area contributed by atoms with E-state index in [1.54, 1.807) is 0 Å². The minimum Gasteiger partial charge on any atom is -1.00 e. The molecule has 1 atom stereocenters. The van der Waals surface area contributed by atoms with Crippen molar-refractivity contribution >= 4 is 29.1 Å². The molecule has 0 N–H and O–H groups in total. The largest absolute Gasteiger partial charge is 1.00 e. The van der Waals surface area contributed by atoms with Crippen molar-refractivity contribution in [2.24, 2.45) is 0 Å². The van der Waals surface area contributed by atoms with Crippen LogP contribution in [-0.4, -0.2) is 13.1 Å². The van der Waals surface area contributed by atoms with Gasteiger partial charge in [0.2, 0.25) is 5.85 Å². The summed E-state index contributed by atoms with van der Waals surface area (Å²) in [4.78, 5) is 13.0. The van der Waals surface area contributed by atoms with E-state index in [4.69, 9.17) is 9.47 Å². The first-order valence-corrected chi connectivity index (χ1v) is 12.3. The first-order valence-electron chi connectivity index (χ1n) is 10.4. The Hall–Kier alpha value is -3.08. The van der Waals surface area contributed by atoms with E-state index in [1.807, 2.05) is 91.0 Å². The van der Waals surface area contributed by atoms with Crippen molar-refractivity contribution in [1.82, 2.24) is 0 Å². The third kappa shape index (κ3) is 3.62. The second-order valence-corrected chi connectivity index (χ2v) is 11.1. The van der Waals surface area contributed by atoms with E-state index in [0.29, 0.717) is 0 Å². The van der Waals surface area contributed by atoms with Gasteiger partial charge in [-0.25, -0.2) is 13.6 Å². The number of carbonyl (C=O) groups is 1.